The largest absolute Gasteiger partial charge is 0.326 e. The Balaban J connectivity index is 1.54. The van der Waals surface area contributed by atoms with Crippen LogP contribution in [0, 0.1) is 0 Å². The molecule has 26 heavy (non-hydrogen) atoms. The number of benzene rings is 2. The van der Waals surface area contributed by atoms with E-state index in [0.29, 0.717) is 15.9 Å². The van der Waals surface area contributed by atoms with E-state index in [9.17, 15) is 9.59 Å². The number of nitrogens with zero attached hydrogens (tertiary/aromatic N) is 2. The maximum atomic E-state index is 12.1. The van der Waals surface area contributed by atoms with E-state index >= 15 is 0 Å². The van der Waals surface area contributed by atoms with Crippen LogP contribution < -0.4 is 10.6 Å². The molecular formula is C18H15ClN4O2S. The number of carbonyl (C=O) groups excluding carboxylic acids is 2. The van der Waals surface area contributed by atoms with E-state index < -0.39 is 5.25 Å². The van der Waals surface area contributed by atoms with Gasteiger partial charge in [0.15, 0.2) is 5.17 Å². The smallest absolute Gasteiger partial charge is 0.240 e. The van der Waals surface area contributed by atoms with Crippen molar-refractivity contribution < 1.29 is 9.59 Å². The summed E-state index contributed by atoms with van der Waals surface area (Å²) < 4.78 is 0. The van der Waals surface area contributed by atoms with Gasteiger partial charge in [-0.1, -0.05) is 53.7 Å². The maximum absolute atomic E-state index is 12.1. The second-order valence-electron chi connectivity index (χ2n) is 5.42. The molecule has 0 saturated carbocycles. The average Bonchev–Trinajstić information content (AvgIpc) is 2.97. The Morgan fingerprint density at radius 2 is 1.92 bits per heavy atom. The molecule has 2 N–H and O–H groups in total. The molecule has 1 atom stereocenters. The van der Waals surface area contributed by atoms with Gasteiger partial charge in [0, 0.05) is 17.1 Å². The highest BCUT2D eigenvalue weighted by atomic mass is 35.5. The lowest BCUT2D eigenvalue weighted by Crippen LogP contribution is -2.28. The zero-order valence-electron chi connectivity index (χ0n) is 13.6. The highest BCUT2D eigenvalue weighted by molar-refractivity contribution is 8.15. The molecule has 3 rings (SSSR count). The molecule has 2 amide bonds. The van der Waals surface area contributed by atoms with Crippen LogP contribution in [0.4, 0.5) is 5.69 Å². The van der Waals surface area contributed by atoms with Crippen molar-refractivity contribution in [1.29, 1.82) is 0 Å². The second-order valence-corrected chi connectivity index (χ2v) is 7.04. The minimum atomic E-state index is -0.534. The summed E-state index contributed by atoms with van der Waals surface area (Å²) in [4.78, 5) is 24.1. The molecule has 0 spiro atoms. The Bertz CT molecular complexity index is 853. The molecule has 1 aliphatic rings. The number of nitrogens with one attached hydrogen (secondary N) is 2. The molecule has 2 aromatic rings. The van der Waals surface area contributed by atoms with Crippen molar-refractivity contribution >= 4 is 52.2 Å². The standard InChI is InChI=1S/C18H15ClN4O2S/c19-13-6-8-14(9-7-13)21-16(24)10-15-17(25)22-18(26-15)23-20-11-12-4-2-1-3-5-12/h1-9,11,15H,10H2,(H,21,24)(H,22,23,25)/b20-11-/t15-/m0/s1. The van der Waals surface area contributed by atoms with Crippen LogP contribution >= 0.6 is 23.4 Å². The van der Waals surface area contributed by atoms with Gasteiger partial charge < -0.3 is 10.6 Å². The first-order valence-electron chi connectivity index (χ1n) is 7.79. The van der Waals surface area contributed by atoms with Gasteiger partial charge in [-0.25, -0.2) is 0 Å². The number of rotatable bonds is 5. The van der Waals surface area contributed by atoms with Crippen LogP contribution in [0.1, 0.15) is 12.0 Å². The number of amidine groups is 1. The van der Waals surface area contributed by atoms with Crippen LogP contribution in [-0.4, -0.2) is 28.4 Å². The van der Waals surface area contributed by atoms with Gasteiger partial charge >= 0.3 is 0 Å². The molecular weight excluding hydrogens is 372 g/mol. The zero-order valence-corrected chi connectivity index (χ0v) is 15.1. The summed E-state index contributed by atoms with van der Waals surface area (Å²) in [6.07, 6.45) is 1.64. The summed E-state index contributed by atoms with van der Waals surface area (Å²) in [6, 6.07) is 16.3. The minimum absolute atomic E-state index is 0.0422. The van der Waals surface area contributed by atoms with Gasteiger partial charge in [0.1, 0.15) is 5.25 Å². The number of anilines is 1. The van der Waals surface area contributed by atoms with Crippen molar-refractivity contribution in [3.63, 3.8) is 0 Å². The zero-order chi connectivity index (χ0) is 18.4. The van der Waals surface area contributed by atoms with Crippen molar-refractivity contribution in [2.75, 3.05) is 5.32 Å². The first-order chi connectivity index (χ1) is 12.6. The summed E-state index contributed by atoms with van der Waals surface area (Å²) >= 11 is 7.00. The van der Waals surface area contributed by atoms with Crippen LogP contribution in [0.5, 0.6) is 0 Å². The Morgan fingerprint density at radius 3 is 2.65 bits per heavy atom. The van der Waals surface area contributed by atoms with Crippen molar-refractivity contribution in [2.45, 2.75) is 11.7 Å². The molecule has 0 radical (unpaired) electrons. The van der Waals surface area contributed by atoms with Crippen LogP contribution in [0.15, 0.2) is 64.8 Å². The number of hydrogen-bond donors (Lipinski definition) is 2. The Kier molecular flexibility index (Phi) is 6.04. The molecule has 132 valence electrons. The highest BCUT2D eigenvalue weighted by Crippen LogP contribution is 2.23. The van der Waals surface area contributed by atoms with Crippen LogP contribution in [0.25, 0.3) is 0 Å². The fourth-order valence-corrected chi connectivity index (χ4v) is 3.24. The van der Waals surface area contributed by atoms with Crippen molar-refractivity contribution in [3.05, 3.63) is 65.2 Å². The third kappa shape index (κ3) is 5.18. The molecule has 0 bridgehead atoms. The molecule has 0 unspecified atom stereocenters. The minimum Gasteiger partial charge on any atom is -0.326 e. The number of thioether (sulfide) groups is 1. The van der Waals surface area contributed by atoms with Gasteiger partial charge in [0.25, 0.3) is 0 Å². The number of hydrogen-bond acceptors (Lipinski definition) is 5. The quantitative estimate of drug-likeness (QED) is 0.611. The topological polar surface area (TPSA) is 82.9 Å². The van der Waals surface area contributed by atoms with E-state index in [2.05, 4.69) is 20.8 Å². The molecule has 1 aliphatic heterocycles. The summed E-state index contributed by atoms with van der Waals surface area (Å²) in [5.41, 5.74) is 1.54. The normalized spacial score (nSPS) is 18.3. The third-order valence-corrected chi connectivity index (χ3v) is 4.75. The molecule has 0 aromatic heterocycles. The second kappa shape index (κ2) is 8.64. The Labute approximate surface area is 159 Å². The lowest BCUT2D eigenvalue weighted by Gasteiger charge is -2.07. The number of amides is 2. The fourth-order valence-electron chi connectivity index (χ4n) is 2.19. The molecule has 0 aliphatic carbocycles. The van der Waals surface area contributed by atoms with Gasteiger partial charge in [-0.05, 0) is 29.8 Å². The Morgan fingerprint density at radius 1 is 1.19 bits per heavy atom. The van der Waals surface area contributed by atoms with Gasteiger partial charge in [0.05, 0.1) is 6.21 Å². The molecule has 1 heterocycles. The monoisotopic (exact) mass is 386 g/mol. The first kappa shape index (κ1) is 18.2. The van der Waals surface area contributed by atoms with E-state index in [1.807, 2.05) is 30.3 Å². The predicted octanol–water partition coefficient (Wildman–Crippen LogP) is 3.29. The Hall–Kier alpha value is -2.64. The van der Waals surface area contributed by atoms with E-state index in [0.717, 1.165) is 5.56 Å². The van der Waals surface area contributed by atoms with E-state index in [1.54, 1.807) is 30.5 Å². The van der Waals surface area contributed by atoms with E-state index in [-0.39, 0.29) is 18.2 Å². The van der Waals surface area contributed by atoms with E-state index in [1.165, 1.54) is 11.8 Å². The molecule has 1 fully saturated rings. The summed E-state index contributed by atoms with van der Waals surface area (Å²) in [5, 5.41) is 13.8. The number of carbonyl (C=O) groups is 2. The van der Waals surface area contributed by atoms with Crippen LogP contribution in [0.3, 0.4) is 0 Å². The van der Waals surface area contributed by atoms with Crippen LogP contribution in [-0.2, 0) is 9.59 Å². The molecule has 6 nitrogen and oxygen atoms in total. The molecule has 2 aromatic carbocycles. The van der Waals surface area contributed by atoms with Crippen LogP contribution in [0.2, 0.25) is 5.02 Å². The maximum Gasteiger partial charge on any atom is 0.240 e. The highest BCUT2D eigenvalue weighted by Gasteiger charge is 2.32. The van der Waals surface area contributed by atoms with Gasteiger partial charge in [-0.3, -0.25) is 9.59 Å². The summed E-state index contributed by atoms with van der Waals surface area (Å²) in [7, 11) is 0. The summed E-state index contributed by atoms with van der Waals surface area (Å²) in [5.74, 6) is -0.510. The SMILES string of the molecule is O=C(C[C@@H]1S/C(=N/N=C\c2ccccc2)NC1=O)Nc1ccc(Cl)cc1. The number of halogens is 1. The van der Waals surface area contributed by atoms with Gasteiger partial charge in [0.2, 0.25) is 11.8 Å². The lowest BCUT2D eigenvalue weighted by atomic mass is 10.2. The average molecular weight is 387 g/mol. The predicted molar refractivity (Wildman–Crippen MR) is 106 cm³/mol. The van der Waals surface area contributed by atoms with E-state index in [4.69, 9.17) is 11.6 Å². The molecule has 8 heteroatoms. The summed E-state index contributed by atoms with van der Waals surface area (Å²) in [6.45, 7) is 0. The van der Waals surface area contributed by atoms with Crippen molar-refractivity contribution in [2.24, 2.45) is 10.2 Å². The van der Waals surface area contributed by atoms with Crippen molar-refractivity contribution in [1.82, 2.24) is 5.32 Å². The first-order valence-corrected chi connectivity index (χ1v) is 9.05. The van der Waals surface area contributed by atoms with Crippen molar-refractivity contribution in [3.8, 4) is 0 Å². The fraction of sp³-hybridized carbons (Fsp3) is 0.111. The lowest BCUT2D eigenvalue weighted by molar-refractivity contribution is -0.122. The third-order valence-electron chi connectivity index (χ3n) is 3.43. The molecule has 1 saturated heterocycles. The van der Waals surface area contributed by atoms with Gasteiger partial charge in [-0.15, -0.1) is 5.10 Å². The van der Waals surface area contributed by atoms with Gasteiger partial charge in [-0.2, -0.15) is 5.10 Å².